The third-order valence-corrected chi connectivity index (χ3v) is 7.35. The zero-order valence-electron chi connectivity index (χ0n) is 18.9. The number of aromatic nitrogens is 4. The molecule has 3 heterocycles. The number of rotatable bonds is 8. The quantitative estimate of drug-likeness (QED) is 0.309. The number of aryl methyl sites for hydroxylation is 1. The molecule has 178 valence electrons. The van der Waals surface area contributed by atoms with Gasteiger partial charge >= 0.3 is 5.84 Å². The lowest BCUT2D eigenvalue weighted by atomic mass is 10.1. The summed E-state index contributed by atoms with van der Waals surface area (Å²) in [7, 11) is -3.36. The van der Waals surface area contributed by atoms with Crippen LogP contribution in [0.4, 0.5) is 5.95 Å². The van der Waals surface area contributed by atoms with Gasteiger partial charge in [0.05, 0.1) is 16.3 Å². The SMILES string of the molecule is Cc1ccc(S(=O)(=O)CCCNc2nccc(-c3c(-c4cccc(O)c4)nc4occn34)n2)cc1. The van der Waals surface area contributed by atoms with E-state index in [4.69, 9.17) is 4.42 Å². The molecule has 0 bridgehead atoms. The number of imidazole rings is 1. The van der Waals surface area contributed by atoms with E-state index >= 15 is 0 Å². The number of oxazole rings is 1. The lowest BCUT2D eigenvalue weighted by Crippen LogP contribution is -2.13. The average Bonchev–Trinajstić information content (AvgIpc) is 3.44. The first kappa shape index (κ1) is 22.6. The van der Waals surface area contributed by atoms with Gasteiger partial charge < -0.3 is 14.8 Å². The van der Waals surface area contributed by atoms with Crippen LogP contribution in [0.5, 0.6) is 5.75 Å². The van der Waals surface area contributed by atoms with Gasteiger partial charge in [0.2, 0.25) is 5.95 Å². The van der Waals surface area contributed by atoms with E-state index in [-0.39, 0.29) is 11.5 Å². The number of fused-ring (bicyclic) bond motifs is 1. The number of hydrogen-bond acceptors (Lipinski definition) is 8. The molecule has 0 radical (unpaired) electrons. The second kappa shape index (κ2) is 9.22. The van der Waals surface area contributed by atoms with Crippen LogP contribution in [0.15, 0.2) is 82.6 Å². The summed E-state index contributed by atoms with van der Waals surface area (Å²) in [4.78, 5) is 13.8. The molecule has 0 saturated heterocycles. The van der Waals surface area contributed by atoms with E-state index in [0.29, 0.717) is 52.3 Å². The van der Waals surface area contributed by atoms with Gasteiger partial charge in [0, 0.05) is 24.5 Å². The Hall–Kier alpha value is -4.18. The van der Waals surface area contributed by atoms with Gasteiger partial charge in [-0.1, -0.05) is 29.8 Å². The van der Waals surface area contributed by atoms with Gasteiger partial charge in [-0.05, 0) is 43.7 Å². The Morgan fingerprint density at radius 2 is 1.91 bits per heavy atom. The number of nitrogens with zero attached hydrogens (tertiary/aromatic N) is 4. The van der Waals surface area contributed by atoms with E-state index in [1.54, 1.807) is 65.3 Å². The van der Waals surface area contributed by atoms with Gasteiger partial charge in [-0.15, -0.1) is 0 Å². The number of phenolic OH excluding ortho intramolecular Hbond substituents is 1. The van der Waals surface area contributed by atoms with Crippen molar-refractivity contribution in [1.29, 1.82) is 0 Å². The lowest BCUT2D eigenvalue weighted by Gasteiger charge is -2.08. The van der Waals surface area contributed by atoms with Crippen LogP contribution in [-0.2, 0) is 9.84 Å². The molecule has 0 aliphatic rings. The monoisotopic (exact) mass is 489 g/mol. The highest BCUT2D eigenvalue weighted by atomic mass is 32.2. The second-order valence-electron chi connectivity index (χ2n) is 8.09. The molecule has 3 aromatic heterocycles. The van der Waals surface area contributed by atoms with Crippen molar-refractivity contribution in [3.63, 3.8) is 0 Å². The molecule has 2 N–H and O–H groups in total. The molecule has 10 heteroatoms. The van der Waals surface area contributed by atoms with Crippen molar-refractivity contribution < 1.29 is 17.9 Å². The predicted octanol–water partition coefficient (Wildman–Crippen LogP) is 4.34. The molecule has 0 aliphatic heterocycles. The van der Waals surface area contributed by atoms with Crippen molar-refractivity contribution in [2.75, 3.05) is 17.6 Å². The third-order valence-electron chi connectivity index (χ3n) is 5.53. The number of anilines is 1. The number of aromatic hydroxyl groups is 1. The first-order chi connectivity index (χ1) is 16.9. The van der Waals surface area contributed by atoms with Gasteiger partial charge in [-0.3, -0.25) is 4.40 Å². The Balaban J connectivity index is 1.34. The Morgan fingerprint density at radius 1 is 1.09 bits per heavy atom. The summed E-state index contributed by atoms with van der Waals surface area (Å²) in [5.74, 6) is 0.912. The predicted molar refractivity (Wildman–Crippen MR) is 132 cm³/mol. The molecular weight excluding hydrogens is 466 g/mol. The fourth-order valence-corrected chi connectivity index (χ4v) is 5.10. The van der Waals surface area contributed by atoms with Crippen LogP contribution in [0.2, 0.25) is 0 Å². The minimum absolute atomic E-state index is 0.0165. The normalized spacial score (nSPS) is 11.7. The summed E-state index contributed by atoms with van der Waals surface area (Å²) in [5, 5.41) is 13.0. The number of sulfone groups is 1. The minimum atomic E-state index is -3.36. The number of hydrogen-bond donors (Lipinski definition) is 2. The van der Waals surface area contributed by atoms with E-state index in [9.17, 15) is 13.5 Å². The summed E-state index contributed by atoms with van der Waals surface area (Å²) < 4.78 is 32.4. The fraction of sp³-hybridized carbons (Fsp3) is 0.160. The molecule has 0 fully saturated rings. The molecule has 0 spiro atoms. The van der Waals surface area contributed by atoms with Gasteiger partial charge in [0.15, 0.2) is 9.84 Å². The second-order valence-corrected chi connectivity index (χ2v) is 10.2. The lowest BCUT2D eigenvalue weighted by molar-refractivity contribution is 0.475. The van der Waals surface area contributed by atoms with Crippen LogP contribution in [0.25, 0.3) is 28.5 Å². The Labute approximate surface area is 202 Å². The summed E-state index contributed by atoms with van der Waals surface area (Å²) in [5.41, 5.74) is 3.62. The average molecular weight is 490 g/mol. The first-order valence-electron chi connectivity index (χ1n) is 11.0. The maximum Gasteiger partial charge on any atom is 0.306 e. The molecule has 0 aliphatic carbocycles. The number of benzene rings is 2. The van der Waals surface area contributed by atoms with Crippen molar-refractivity contribution in [2.45, 2.75) is 18.2 Å². The summed E-state index contributed by atoms with van der Waals surface area (Å²) in [6, 6.07) is 15.4. The van der Waals surface area contributed by atoms with Crippen LogP contribution >= 0.6 is 0 Å². The molecule has 0 unspecified atom stereocenters. The van der Waals surface area contributed by atoms with Gasteiger partial charge in [-0.2, -0.15) is 4.98 Å². The van der Waals surface area contributed by atoms with E-state index in [2.05, 4.69) is 20.3 Å². The van der Waals surface area contributed by atoms with Gasteiger partial charge in [0.25, 0.3) is 0 Å². The Bertz CT molecular complexity index is 1590. The maximum atomic E-state index is 12.6. The van der Waals surface area contributed by atoms with Crippen molar-refractivity contribution in [3.05, 3.63) is 78.8 Å². The molecular formula is C25H23N5O4S. The standard InChI is InChI=1S/C25H23N5O4S/c1-17-6-8-20(9-7-17)35(32,33)15-3-11-26-24-27-12-10-21(28-24)23-22(18-4-2-5-19(31)16-18)29-25-30(23)13-14-34-25/h2,4-10,12-14,16,31H,3,11,15H2,1H3,(H,26,27,28). The van der Waals surface area contributed by atoms with Crippen LogP contribution in [0, 0.1) is 6.92 Å². The summed E-state index contributed by atoms with van der Waals surface area (Å²) >= 11 is 0. The number of nitrogens with one attached hydrogen (secondary N) is 1. The highest BCUT2D eigenvalue weighted by Crippen LogP contribution is 2.33. The van der Waals surface area contributed by atoms with Crippen LogP contribution < -0.4 is 5.32 Å². The van der Waals surface area contributed by atoms with Crippen LogP contribution in [0.3, 0.4) is 0 Å². The molecule has 35 heavy (non-hydrogen) atoms. The topological polar surface area (TPSA) is 123 Å². The van der Waals surface area contributed by atoms with Crippen LogP contribution in [-0.4, -0.2) is 45.2 Å². The molecule has 2 aromatic carbocycles. The highest BCUT2D eigenvalue weighted by molar-refractivity contribution is 7.91. The molecule has 0 atom stereocenters. The van der Waals surface area contributed by atoms with E-state index in [0.717, 1.165) is 5.56 Å². The molecule has 0 saturated carbocycles. The molecule has 0 amide bonds. The van der Waals surface area contributed by atoms with E-state index in [1.165, 1.54) is 6.26 Å². The van der Waals surface area contributed by atoms with E-state index in [1.807, 2.05) is 13.0 Å². The highest BCUT2D eigenvalue weighted by Gasteiger charge is 2.20. The Morgan fingerprint density at radius 3 is 2.71 bits per heavy atom. The smallest absolute Gasteiger partial charge is 0.306 e. The fourth-order valence-electron chi connectivity index (χ4n) is 3.79. The van der Waals surface area contributed by atoms with Crippen molar-refractivity contribution in [1.82, 2.24) is 19.4 Å². The molecule has 9 nitrogen and oxygen atoms in total. The van der Waals surface area contributed by atoms with Gasteiger partial charge in [0.1, 0.15) is 23.4 Å². The van der Waals surface area contributed by atoms with E-state index < -0.39 is 9.84 Å². The molecule has 5 aromatic rings. The summed E-state index contributed by atoms with van der Waals surface area (Å²) in [6.07, 6.45) is 5.30. The number of phenols is 1. The van der Waals surface area contributed by atoms with Crippen molar-refractivity contribution >= 4 is 21.6 Å². The zero-order valence-corrected chi connectivity index (χ0v) is 19.7. The van der Waals surface area contributed by atoms with Crippen molar-refractivity contribution in [2.24, 2.45) is 0 Å². The maximum absolute atomic E-state index is 12.6. The minimum Gasteiger partial charge on any atom is -0.508 e. The molecule has 5 rings (SSSR count). The van der Waals surface area contributed by atoms with Gasteiger partial charge in [-0.25, -0.2) is 18.4 Å². The van der Waals surface area contributed by atoms with Crippen molar-refractivity contribution in [3.8, 4) is 28.4 Å². The zero-order chi connectivity index (χ0) is 24.4. The first-order valence-corrected chi connectivity index (χ1v) is 12.7. The Kier molecular flexibility index (Phi) is 5.96. The largest absolute Gasteiger partial charge is 0.508 e. The summed E-state index contributed by atoms with van der Waals surface area (Å²) in [6.45, 7) is 2.31. The third kappa shape index (κ3) is 4.73. The van der Waals surface area contributed by atoms with Crippen LogP contribution in [0.1, 0.15) is 12.0 Å².